The number of benzene rings is 4. The molecule has 5 rings (SSSR count). The molecule has 4 aromatic carbocycles. The normalized spacial score (nSPS) is 14.2. The first-order chi connectivity index (χ1) is 25.1. The number of carbonyl (C=O) groups is 3. The molecule has 0 bridgehead atoms. The van der Waals surface area contributed by atoms with Crippen LogP contribution in [0.2, 0.25) is 0 Å². The van der Waals surface area contributed by atoms with Crippen molar-refractivity contribution in [3.8, 4) is 0 Å². The van der Waals surface area contributed by atoms with Crippen molar-refractivity contribution in [1.82, 2.24) is 0 Å². The topological polar surface area (TPSA) is 84.9 Å². The van der Waals surface area contributed by atoms with Gasteiger partial charge in [0.25, 0.3) is 0 Å². The van der Waals surface area contributed by atoms with Crippen LogP contribution in [0, 0.1) is 5.92 Å². The summed E-state index contributed by atoms with van der Waals surface area (Å²) in [5, 5.41) is 3.45. The summed E-state index contributed by atoms with van der Waals surface area (Å²) in [4.78, 5) is 38.1. The highest BCUT2D eigenvalue weighted by Crippen LogP contribution is 2.34. The standard InChI is InChI=1S/C25H28BrNO3.C18H18BrNO2/c1-18(20-12-14-22(26)15-13-20)27(25(29)21-8-4-3-5-9-21)23-10-6-7-19(17-23)11-16-24(28)30-2;1-13(15-7-9-16(19)10-8-15)20-17-5-3-4-14(12-17)6-11-18(21)22-2/h6-7,10-18,21H,3-5,8-9H2,1-2H3;3-13,20H,1-2H3/b16-11+;11-6+. The number of anilines is 2. The van der Waals surface area contributed by atoms with Crippen LogP contribution in [-0.2, 0) is 23.9 Å². The van der Waals surface area contributed by atoms with Gasteiger partial charge in [-0.05, 0) is 110 Å². The number of methoxy groups -OCH3 is 2. The quantitative estimate of drug-likeness (QED) is 0.120. The van der Waals surface area contributed by atoms with Gasteiger partial charge in [0.1, 0.15) is 0 Å². The molecule has 2 unspecified atom stereocenters. The maximum atomic E-state index is 13.6. The lowest BCUT2D eigenvalue weighted by molar-refractivity contribution is -0.135. The van der Waals surface area contributed by atoms with E-state index >= 15 is 0 Å². The van der Waals surface area contributed by atoms with Crippen molar-refractivity contribution in [2.75, 3.05) is 24.4 Å². The molecule has 1 aliphatic rings. The van der Waals surface area contributed by atoms with Gasteiger partial charge in [-0.2, -0.15) is 0 Å². The third-order valence-corrected chi connectivity index (χ3v) is 10.0. The molecule has 2 atom stereocenters. The minimum Gasteiger partial charge on any atom is -0.466 e. The Bertz CT molecular complexity index is 1830. The molecule has 1 fully saturated rings. The highest BCUT2D eigenvalue weighted by Gasteiger charge is 2.30. The molecule has 1 aliphatic carbocycles. The lowest BCUT2D eigenvalue weighted by Gasteiger charge is -2.34. The Hall–Kier alpha value is -4.47. The van der Waals surface area contributed by atoms with E-state index in [-0.39, 0.29) is 29.9 Å². The van der Waals surface area contributed by atoms with E-state index in [1.807, 2.05) is 77.7 Å². The molecule has 0 radical (unpaired) electrons. The van der Waals surface area contributed by atoms with Crippen LogP contribution >= 0.6 is 31.9 Å². The number of hydrogen-bond donors (Lipinski definition) is 1. The maximum Gasteiger partial charge on any atom is 0.330 e. The second kappa shape index (κ2) is 20.5. The second-order valence-corrected chi connectivity index (χ2v) is 14.5. The van der Waals surface area contributed by atoms with Gasteiger partial charge in [0.05, 0.1) is 20.3 Å². The van der Waals surface area contributed by atoms with E-state index < -0.39 is 5.97 Å². The number of nitrogens with one attached hydrogen (secondary N) is 1. The smallest absolute Gasteiger partial charge is 0.330 e. The summed E-state index contributed by atoms with van der Waals surface area (Å²) in [5.41, 5.74) is 5.92. The van der Waals surface area contributed by atoms with Crippen LogP contribution in [-0.4, -0.2) is 32.1 Å². The fourth-order valence-corrected chi connectivity index (χ4v) is 6.57. The van der Waals surface area contributed by atoms with E-state index in [1.165, 1.54) is 38.4 Å². The van der Waals surface area contributed by atoms with Gasteiger partial charge in [-0.1, -0.05) is 99.7 Å². The number of rotatable bonds is 11. The van der Waals surface area contributed by atoms with Gasteiger partial charge in [-0.25, -0.2) is 9.59 Å². The monoisotopic (exact) mass is 828 g/mol. The first-order valence-corrected chi connectivity index (χ1v) is 19.0. The van der Waals surface area contributed by atoms with Crippen molar-refractivity contribution in [1.29, 1.82) is 0 Å². The Morgan fingerprint density at radius 2 is 1.23 bits per heavy atom. The van der Waals surface area contributed by atoms with Crippen LogP contribution in [0.25, 0.3) is 12.2 Å². The molecule has 0 heterocycles. The lowest BCUT2D eigenvalue weighted by atomic mass is 9.87. The van der Waals surface area contributed by atoms with Crippen molar-refractivity contribution in [3.63, 3.8) is 0 Å². The van der Waals surface area contributed by atoms with Gasteiger partial charge in [-0.3, -0.25) is 4.79 Å². The van der Waals surface area contributed by atoms with Crippen molar-refractivity contribution in [2.45, 2.75) is 58.0 Å². The molecule has 4 aromatic rings. The van der Waals surface area contributed by atoms with E-state index in [0.717, 1.165) is 62.7 Å². The Morgan fingerprint density at radius 3 is 1.79 bits per heavy atom. The van der Waals surface area contributed by atoms with Crippen molar-refractivity contribution in [3.05, 3.63) is 140 Å². The van der Waals surface area contributed by atoms with E-state index in [1.54, 1.807) is 12.2 Å². The first-order valence-electron chi connectivity index (χ1n) is 17.4. The zero-order chi connectivity index (χ0) is 37.5. The van der Waals surface area contributed by atoms with Crippen LogP contribution in [0.4, 0.5) is 11.4 Å². The Morgan fingerprint density at radius 1 is 0.712 bits per heavy atom. The fraction of sp³-hybridized carbons (Fsp3) is 0.279. The maximum absolute atomic E-state index is 13.6. The van der Waals surface area contributed by atoms with Gasteiger partial charge < -0.3 is 19.7 Å². The van der Waals surface area contributed by atoms with Crippen LogP contribution < -0.4 is 10.2 Å². The van der Waals surface area contributed by atoms with Gasteiger partial charge in [-0.15, -0.1) is 0 Å². The van der Waals surface area contributed by atoms with Crippen LogP contribution in [0.15, 0.2) is 118 Å². The molecule has 0 aromatic heterocycles. The number of nitrogens with zero attached hydrogens (tertiary/aromatic N) is 1. The van der Waals surface area contributed by atoms with Gasteiger partial charge in [0.2, 0.25) is 5.91 Å². The number of ether oxygens (including phenoxy) is 2. The summed E-state index contributed by atoms with van der Waals surface area (Å²) in [7, 11) is 2.72. The van der Waals surface area contributed by atoms with Gasteiger partial charge >= 0.3 is 11.9 Å². The Kier molecular flexibility index (Phi) is 15.9. The van der Waals surface area contributed by atoms with Gasteiger partial charge in [0, 0.05) is 44.4 Å². The molecule has 1 amide bonds. The first kappa shape index (κ1) is 40.3. The predicted molar refractivity (Wildman–Crippen MR) is 218 cm³/mol. The molecule has 7 nitrogen and oxygen atoms in total. The van der Waals surface area contributed by atoms with Gasteiger partial charge in [0.15, 0.2) is 0 Å². The summed E-state index contributed by atoms with van der Waals surface area (Å²) < 4.78 is 11.3. The molecule has 1 N–H and O–H groups in total. The molecule has 1 saturated carbocycles. The highest BCUT2D eigenvalue weighted by atomic mass is 79.9. The fourth-order valence-electron chi connectivity index (χ4n) is 6.04. The molecule has 0 saturated heterocycles. The van der Waals surface area contributed by atoms with Crippen LogP contribution in [0.1, 0.15) is 80.3 Å². The number of amides is 1. The number of esters is 2. The summed E-state index contributed by atoms with van der Waals surface area (Å²) in [5.74, 6) is -0.523. The predicted octanol–water partition coefficient (Wildman–Crippen LogP) is 11.1. The van der Waals surface area contributed by atoms with Crippen LogP contribution in [0.3, 0.4) is 0 Å². The average molecular weight is 831 g/mol. The summed E-state index contributed by atoms with van der Waals surface area (Å²) in [6.07, 6.45) is 11.6. The minimum atomic E-state index is -0.404. The van der Waals surface area contributed by atoms with E-state index in [4.69, 9.17) is 0 Å². The zero-order valence-electron chi connectivity index (χ0n) is 30.1. The molecule has 52 heavy (non-hydrogen) atoms. The molecule has 0 spiro atoms. The second-order valence-electron chi connectivity index (χ2n) is 12.6. The van der Waals surface area contributed by atoms with Crippen molar-refractivity contribution < 1.29 is 23.9 Å². The third kappa shape index (κ3) is 12.3. The Labute approximate surface area is 324 Å². The van der Waals surface area contributed by atoms with Crippen molar-refractivity contribution in [2.24, 2.45) is 5.92 Å². The van der Waals surface area contributed by atoms with Crippen molar-refractivity contribution >= 4 is 73.2 Å². The zero-order valence-corrected chi connectivity index (χ0v) is 33.2. The molecular formula is C43H46Br2N2O5. The lowest BCUT2D eigenvalue weighted by Crippen LogP contribution is -2.39. The van der Waals surface area contributed by atoms with E-state index in [2.05, 4.69) is 84.8 Å². The minimum absolute atomic E-state index is 0.0610. The van der Waals surface area contributed by atoms with Crippen LogP contribution in [0.5, 0.6) is 0 Å². The SMILES string of the molecule is COC(=O)/C=C/c1cccc(N(C(=O)C2CCCCC2)C(C)c2ccc(Br)cc2)c1.COC(=O)/C=C/c1cccc(NC(C)c2ccc(Br)cc2)c1. The summed E-state index contributed by atoms with van der Waals surface area (Å²) in [6.45, 7) is 4.18. The third-order valence-electron chi connectivity index (χ3n) is 8.95. The molecule has 0 aliphatic heterocycles. The summed E-state index contributed by atoms with van der Waals surface area (Å²) in [6, 6.07) is 32.1. The Balaban J connectivity index is 0.000000244. The molecule has 272 valence electrons. The van der Waals surface area contributed by atoms with E-state index in [9.17, 15) is 14.4 Å². The average Bonchev–Trinajstić information content (AvgIpc) is 3.17. The summed E-state index contributed by atoms with van der Waals surface area (Å²) >= 11 is 6.93. The number of halogens is 2. The number of carbonyl (C=O) groups excluding carboxylic acids is 3. The molecular weight excluding hydrogens is 784 g/mol. The van der Waals surface area contributed by atoms with E-state index in [0.29, 0.717) is 0 Å². The highest BCUT2D eigenvalue weighted by molar-refractivity contribution is 9.10. The molecule has 9 heteroatoms. The number of hydrogen-bond acceptors (Lipinski definition) is 6. The largest absolute Gasteiger partial charge is 0.466 e.